The minimum atomic E-state index is -0.0190. The van der Waals surface area contributed by atoms with E-state index in [1.54, 1.807) is 0 Å². The number of nitrogens with two attached hydrogens (primary N) is 1. The smallest absolute Gasteiger partial charge is 0.0582 e. The third-order valence-corrected chi connectivity index (χ3v) is 3.30. The minimum absolute atomic E-state index is 0.0190. The number of hydrogen-bond acceptors (Lipinski definition) is 3. The van der Waals surface area contributed by atoms with Gasteiger partial charge in [0.15, 0.2) is 0 Å². The van der Waals surface area contributed by atoms with E-state index >= 15 is 0 Å². The van der Waals surface area contributed by atoms with Crippen LogP contribution in [0.15, 0.2) is 0 Å². The van der Waals surface area contributed by atoms with Gasteiger partial charge in [-0.1, -0.05) is 20.3 Å². The zero-order valence-electron chi connectivity index (χ0n) is 8.12. The molecule has 74 valence electrons. The second-order valence-corrected chi connectivity index (χ2v) is 4.47. The lowest BCUT2D eigenvalue weighted by Gasteiger charge is -2.09. The number of aliphatic hydroxyl groups is 1. The van der Waals surface area contributed by atoms with Gasteiger partial charge < -0.3 is 10.8 Å². The van der Waals surface area contributed by atoms with Crippen molar-refractivity contribution in [3.8, 4) is 0 Å². The van der Waals surface area contributed by atoms with E-state index in [0.29, 0.717) is 0 Å². The first-order valence-electron chi connectivity index (χ1n) is 4.64. The third kappa shape index (κ3) is 6.95. The number of rotatable bonds is 7. The summed E-state index contributed by atoms with van der Waals surface area (Å²) in [7, 11) is 0. The Labute approximate surface area is 79.9 Å². The highest BCUT2D eigenvalue weighted by Crippen LogP contribution is 2.12. The molecule has 3 heteroatoms. The average molecular weight is 191 g/mol. The van der Waals surface area contributed by atoms with Crippen LogP contribution in [-0.2, 0) is 0 Å². The van der Waals surface area contributed by atoms with Crippen LogP contribution in [0.1, 0.15) is 26.7 Å². The fourth-order valence-electron chi connectivity index (χ4n) is 0.728. The van der Waals surface area contributed by atoms with Gasteiger partial charge in [-0.2, -0.15) is 11.8 Å². The van der Waals surface area contributed by atoms with E-state index in [1.165, 1.54) is 12.2 Å². The van der Waals surface area contributed by atoms with Crippen molar-refractivity contribution < 1.29 is 5.11 Å². The zero-order valence-corrected chi connectivity index (χ0v) is 8.94. The van der Waals surface area contributed by atoms with Gasteiger partial charge in [0.1, 0.15) is 0 Å². The van der Waals surface area contributed by atoms with Crippen LogP contribution in [0, 0.1) is 5.92 Å². The van der Waals surface area contributed by atoms with E-state index < -0.39 is 0 Å². The quantitative estimate of drug-likeness (QED) is 0.599. The molecule has 2 nitrogen and oxygen atoms in total. The number of hydrogen-bond donors (Lipinski definition) is 2. The van der Waals surface area contributed by atoms with E-state index in [-0.39, 0.29) is 12.6 Å². The Morgan fingerprint density at radius 2 is 2.17 bits per heavy atom. The van der Waals surface area contributed by atoms with Crippen LogP contribution in [0.4, 0.5) is 0 Å². The monoisotopic (exact) mass is 191 g/mol. The van der Waals surface area contributed by atoms with Crippen LogP contribution < -0.4 is 5.73 Å². The van der Waals surface area contributed by atoms with Crippen LogP contribution in [0.25, 0.3) is 0 Å². The van der Waals surface area contributed by atoms with Crippen LogP contribution in [0.2, 0.25) is 0 Å². The van der Waals surface area contributed by atoms with Gasteiger partial charge in [-0.25, -0.2) is 0 Å². The summed E-state index contributed by atoms with van der Waals surface area (Å²) in [5, 5.41) is 8.66. The van der Waals surface area contributed by atoms with Crippen LogP contribution in [0.5, 0.6) is 0 Å². The lowest BCUT2D eigenvalue weighted by atomic mass is 10.2. The Hall–Kier alpha value is 0.270. The maximum atomic E-state index is 8.66. The molecule has 0 aliphatic carbocycles. The molecule has 0 spiro atoms. The molecule has 2 unspecified atom stereocenters. The van der Waals surface area contributed by atoms with E-state index in [0.717, 1.165) is 18.1 Å². The molecular weight excluding hydrogens is 170 g/mol. The van der Waals surface area contributed by atoms with Gasteiger partial charge in [0.2, 0.25) is 0 Å². The highest BCUT2D eigenvalue weighted by Gasteiger charge is 2.01. The maximum absolute atomic E-state index is 8.66. The zero-order chi connectivity index (χ0) is 9.40. The Kier molecular flexibility index (Phi) is 8.07. The van der Waals surface area contributed by atoms with Crippen LogP contribution in [0.3, 0.4) is 0 Å². The molecule has 0 aliphatic heterocycles. The molecule has 2 atom stereocenters. The van der Waals surface area contributed by atoms with E-state index in [1.807, 2.05) is 11.8 Å². The summed E-state index contributed by atoms with van der Waals surface area (Å²) < 4.78 is 0. The van der Waals surface area contributed by atoms with Crippen molar-refractivity contribution in [2.45, 2.75) is 32.7 Å². The molecule has 0 radical (unpaired) electrons. The van der Waals surface area contributed by atoms with Gasteiger partial charge in [0.25, 0.3) is 0 Å². The third-order valence-electron chi connectivity index (χ3n) is 1.97. The molecule has 0 aromatic carbocycles. The average Bonchev–Trinajstić information content (AvgIpc) is 2.11. The first kappa shape index (κ1) is 12.3. The minimum Gasteiger partial charge on any atom is -0.395 e. The molecule has 0 heterocycles. The van der Waals surface area contributed by atoms with Gasteiger partial charge in [-0.3, -0.25) is 0 Å². The first-order valence-corrected chi connectivity index (χ1v) is 5.80. The Morgan fingerprint density at radius 3 is 2.67 bits per heavy atom. The fourth-order valence-corrected chi connectivity index (χ4v) is 2.00. The SMILES string of the molecule is CCC(C)CSCCC(N)CO. The second kappa shape index (κ2) is 7.90. The Balaban J connectivity index is 3.10. The molecule has 0 fully saturated rings. The predicted molar refractivity (Wildman–Crippen MR) is 56.5 cm³/mol. The van der Waals surface area contributed by atoms with E-state index in [9.17, 15) is 0 Å². The summed E-state index contributed by atoms with van der Waals surface area (Å²) in [6, 6.07) is -0.0190. The molecule has 3 N–H and O–H groups in total. The Bertz CT molecular complexity index is 88.5. The summed E-state index contributed by atoms with van der Waals surface area (Å²) in [4.78, 5) is 0. The fraction of sp³-hybridized carbons (Fsp3) is 1.00. The lowest BCUT2D eigenvalue weighted by Crippen LogP contribution is -2.24. The molecule has 0 aromatic heterocycles. The summed E-state index contributed by atoms with van der Waals surface area (Å²) in [5.41, 5.74) is 5.56. The van der Waals surface area contributed by atoms with Gasteiger partial charge in [-0.05, 0) is 23.8 Å². The molecule has 0 bridgehead atoms. The highest BCUT2D eigenvalue weighted by molar-refractivity contribution is 7.99. The standard InChI is InChI=1S/C9H21NOS/c1-3-8(2)7-12-5-4-9(10)6-11/h8-9,11H,3-7,10H2,1-2H3. The Morgan fingerprint density at radius 1 is 1.50 bits per heavy atom. The van der Waals surface area contributed by atoms with Crippen LogP contribution >= 0.6 is 11.8 Å². The lowest BCUT2D eigenvalue weighted by molar-refractivity contribution is 0.264. The highest BCUT2D eigenvalue weighted by atomic mass is 32.2. The van der Waals surface area contributed by atoms with Crippen molar-refractivity contribution in [1.82, 2.24) is 0 Å². The predicted octanol–water partition coefficient (Wildman–Crippen LogP) is 1.48. The summed E-state index contributed by atoms with van der Waals surface area (Å²) in [6.45, 7) is 4.59. The van der Waals surface area contributed by atoms with Crippen LogP contribution in [-0.4, -0.2) is 29.3 Å². The normalized spacial score (nSPS) is 16.0. The summed E-state index contributed by atoms with van der Waals surface area (Å²) in [6.07, 6.45) is 2.18. The van der Waals surface area contributed by atoms with Crippen molar-refractivity contribution >= 4 is 11.8 Å². The largest absolute Gasteiger partial charge is 0.395 e. The molecule has 0 rings (SSSR count). The van der Waals surface area contributed by atoms with Crippen molar-refractivity contribution in [3.05, 3.63) is 0 Å². The topological polar surface area (TPSA) is 46.2 Å². The van der Waals surface area contributed by atoms with Crippen molar-refractivity contribution in [3.63, 3.8) is 0 Å². The van der Waals surface area contributed by atoms with E-state index in [2.05, 4.69) is 13.8 Å². The molecule has 0 aliphatic rings. The molecule has 0 saturated carbocycles. The van der Waals surface area contributed by atoms with Crippen molar-refractivity contribution in [2.24, 2.45) is 11.7 Å². The second-order valence-electron chi connectivity index (χ2n) is 3.32. The van der Waals surface area contributed by atoms with Gasteiger partial charge in [-0.15, -0.1) is 0 Å². The molecule has 0 saturated heterocycles. The molecule has 12 heavy (non-hydrogen) atoms. The molecule has 0 amide bonds. The van der Waals surface area contributed by atoms with E-state index in [4.69, 9.17) is 10.8 Å². The summed E-state index contributed by atoms with van der Waals surface area (Å²) >= 11 is 1.94. The number of thioether (sulfide) groups is 1. The van der Waals surface area contributed by atoms with Crippen molar-refractivity contribution in [1.29, 1.82) is 0 Å². The molecular formula is C9H21NOS. The maximum Gasteiger partial charge on any atom is 0.0582 e. The van der Waals surface area contributed by atoms with Gasteiger partial charge in [0.05, 0.1) is 6.61 Å². The molecule has 0 aromatic rings. The number of aliphatic hydroxyl groups excluding tert-OH is 1. The summed E-state index contributed by atoms with van der Waals surface area (Å²) in [5.74, 6) is 3.10. The van der Waals surface area contributed by atoms with Crippen molar-refractivity contribution in [2.75, 3.05) is 18.1 Å². The van der Waals surface area contributed by atoms with Gasteiger partial charge in [0, 0.05) is 6.04 Å². The first-order chi connectivity index (χ1) is 5.70. The van der Waals surface area contributed by atoms with Gasteiger partial charge >= 0.3 is 0 Å².